The molecule has 0 unspecified atom stereocenters. The first-order valence-corrected chi connectivity index (χ1v) is 11.5. The minimum Gasteiger partial charge on any atom is -0.454 e. The second-order valence-corrected chi connectivity index (χ2v) is 9.25. The monoisotopic (exact) mass is 441 g/mol. The zero-order valence-electron chi connectivity index (χ0n) is 16.9. The van der Waals surface area contributed by atoms with E-state index >= 15 is 0 Å². The summed E-state index contributed by atoms with van der Waals surface area (Å²) in [5.74, 6) is -0.0928. The number of nitrogens with zero attached hydrogens (tertiary/aromatic N) is 2. The molecule has 9 heteroatoms. The van der Waals surface area contributed by atoms with Crippen LogP contribution in [-0.4, -0.2) is 36.3 Å². The maximum absolute atomic E-state index is 13.1. The van der Waals surface area contributed by atoms with Gasteiger partial charge in [0.2, 0.25) is 10.0 Å². The van der Waals surface area contributed by atoms with Gasteiger partial charge < -0.3 is 14.3 Å². The van der Waals surface area contributed by atoms with Crippen LogP contribution in [-0.2, 0) is 16.6 Å². The SMILES string of the molecule is O=C(Nc1ccccc1S(=O)(=O)N1CCCCC1)c1ccc(Cn2ccccc2=O)o1. The van der Waals surface area contributed by atoms with Crippen LogP contribution < -0.4 is 10.9 Å². The Labute approximate surface area is 180 Å². The van der Waals surface area contributed by atoms with E-state index in [1.165, 1.54) is 27.1 Å². The zero-order chi connectivity index (χ0) is 21.8. The van der Waals surface area contributed by atoms with E-state index in [2.05, 4.69) is 5.32 Å². The lowest BCUT2D eigenvalue weighted by molar-refractivity contribution is 0.0994. The highest BCUT2D eigenvalue weighted by atomic mass is 32.2. The molecule has 0 radical (unpaired) electrons. The van der Waals surface area contributed by atoms with E-state index < -0.39 is 15.9 Å². The maximum atomic E-state index is 13.1. The van der Waals surface area contributed by atoms with Gasteiger partial charge in [0.1, 0.15) is 10.7 Å². The fraction of sp³-hybridized carbons (Fsp3) is 0.273. The number of carbonyl (C=O) groups is 1. The first-order valence-electron chi connectivity index (χ1n) is 10.1. The summed E-state index contributed by atoms with van der Waals surface area (Å²) in [5.41, 5.74) is 0.0250. The first kappa shape index (κ1) is 21.1. The second kappa shape index (κ2) is 8.91. The number of carbonyl (C=O) groups excluding carboxylic acids is 1. The number of para-hydroxylation sites is 1. The number of aromatic nitrogens is 1. The predicted octanol–water partition coefficient (Wildman–Crippen LogP) is 2.92. The normalized spacial score (nSPS) is 15.0. The van der Waals surface area contributed by atoms with Crippen molar-refractivity contribution in [3.05, 3.63) is 82.7 Å². The summed E-state index contributed by atoms with van der Waals surface area (Å²) in [6, 6.07) is 14.3. The average molecular weight is 442 g/mol. The highest BCUT2D eigenvalue weighted by molar-refractivity contribution is 7.89. The molecule has 31 heavy (non-hydrogen) atoms. The molecule has 0 bridgehead atoms. The summed E-state index contributed by atoms with van der Waals surface area (Å²) in [5, 5.41) is 2.65. The third kappa shape index (κ3) is 4.62. The molecule has 2 aromatic heterocycles. The number of anilines is 1. The van der Waals surface area contributed by atoms with Gasteiger partial charge in [-0.3, -0.25) is 9.59 Å². The van der Waals surface area contributed by atoms with Gasteiger partial charge in [0.25, 0.3) is 11.5 Å². The Hall–Kier alpha value is -3.17. The van der Waals surface area contributed by atoms with Crippen molar-refractivity contribution in [2.45, 2.75) is 30.7 Å². The molecular formula is C22H23N3O5S. The van der Waals surface area contributed by atoms with E-state index in [0.717, 1.165) is 19.3 Å². The predicted molar refractivity (Wildman–Crippen MR) is 116 cm³/mol. The van der Waals surface area contributed by atoms with Crippen molar-refractivity contribution in [1.29, 1.82) is 0 Å². The van der Waals surface area contributed by atoms with Crippen LogP contribution in [0.1, 0.15) is 35.6 Å². The second-order valence-electron chi connectivity index (χ2n) is 7.35. The van der Waals surface area contributed by atoms with Gasteiger partial charge in [-0.15, -0.1) is 0 Å². The van der Waals surface area contributed by atoms with Crippen LogP contribution >= 0.6 is 0 Å². The molecule has 1 saturated heterocycles. The van der Waals surface area contributed by atoms with Crippen LogP contribution in [0.4, 0.5) is 5.69 Å². The van der Waals surface area contributed by atoms with Crippen LogP contribution in [0.5, 0.6) is 0 Å². The molecule has 8 nitrogen and oxygen atoms in total. The molecule has 0 spiro atoms. The molecule has 1 aliphatic rings. The molecule has 1 aliphatic heterocycles. The average Bonchev–Trinajstić information content (AvgIpc) is 3.25. The molecule has 3 aromatic rings. The molecule has 1 aromatic carbocycles. The molecule has 162 valence electrons. The molecule has 1 amide bonds. The lowest BCUT2D eigenvalue weighted by Crippen LogP contribution is -2.36. The Morgan fingerprint density at radius 2 is 1.71 bits per heavy atom. The molecule has 0 aliphatic carbocycles. The number of rotatable bonds is 6. The largest absolute Gasteiger partial charge is 0.454 e. The Bertz CT molecular complexity index is 1240. The third-order valence-electron chi connectivity index (χ3n) is 5.18. The quantitative estimate of drug-likeness (QED) is 0.634. The van der Waals surface area contributed by atoms with Gasteiger partial charge in [-0.2, -0.15) is 4.31 Å². The zero-order valence-corrected chi connectivity index (χ0v) is 17.7. The van der Waals surface area contributed by atoms with Crippen molar-refractivity contribution < 1.29 is 17.6 Å². The highest BCUT2D eigenvalue weighted by Crippen LogP contribution is 2.27. The summed E-state index contributed by atoms with van der Waals surface area (Å²) in [6.45, 7) is 1.14. The Morgan fingerprint density at radius 3 is 2.48 bits per heavy atom. The van der Waals surface area contributed by atoms with E-state index in [1.54, 1.807) is 42.6 Å². The molecule has 1 N–H and O–H groups in total. The van der Waals surface area contributed by atoms with Gasteiger partial charge in [-0.05, 0) is 43.2 Å². The number of amides is 1. The van der Waals surface area contributed by atoms with Gasteiger partial charge in [-0.25, -0.2) is 8.42 Å². The topological polar surface area (TPSA) is 102 Å². The van der Waals surface area contributed by atoms with Gasteiger partial charge in [0.15, 0.2) is 5.76 Å². The lowest BCUT2D eigenvalue weighted by atomic mass is 10.2. The lowest BCUT2D eigenvalue weighted by Gasteiger charge is -2.26. The minimum atomic E-state index is -3.71. The molecule has 4 rings (SSSR count). The molecule has 1 fully saturated rings. The molecule has 3 heterocycles. The summed E-state index contributed by atoms with van der Waals surface area (Å²) >= 11 is 0. The highest BCUT2D eigenvalue weighted by Gasteiger charge is 2.28. The number of piperidine rings is 1. The number of pyridine rings is 1. The van der Waals surface area contributed by atoms with Gasteiger partial charge in [0, 0.05) is 25.4 Å². The summed E-state index contributed by atoms with van der Waals surface area (Å²) in [7, 11) is -3.71. The standard InChI is InChI=1S/C22H23N3O5S/c26-21-10-4-7-13-24(21)16-17-11-12-19(30-17)22(27)23-18-8-2-3-9-20(18)31(28,29)25-14-5-1-6-15-25/h2-4,7-13H,1,5-6,14-16H2,(H,23,27). The van der Waals surface area contributed by atoms with Crippen molar-refractivity contribution in [3.63, 3.8) is 0 Å². The summed E-state index contributed by atoms with van der Waals surface area (Å²) in [4.78, 5) is 24.6. The van der Waals surface area contributed by atoms with E-state index in [9.17, 15) is 18.0 Å². The Kier molecular flexibility index (Phi) is 6.06. The number of hydrogen-bond donors (Lipinski definition) is 1. The summed E-state index contributed by atoms with van der Waals surface area (Å²) in [6.07, 6.45) is 4.30. The molecule has 0 saturated carbocycles. The fourth-order valence-electron chi connectivity index (χ4n) is 3.57. The van der Waals surface area contributed by atoms with Crippen molar-refractivity contribution in [2.24, 2.45) is 0 Å². The van der Waals surface area contributed by atoms with Crippen molar-refractivity contribution >= 4 is 21.6 Å². The number of benzene rings is 1. The first-order chi connectivity index (χ1) is 14.9. The van der Waals surface area contributed by atoms with Crippen LogP contribution in [0.3, 0.4) is 0 Å². The van der Waals surface area contributed by atoms with Crippen LogP contribution in [0.15, 0.2) is 74.9 Å². The number of furan rings is 1. The molecular weight excluding hydrogens is 418 g/mol. The van der Waals surface area contributed by atoms with E-state index in [4.69, 9.17) is 4.42 Å². The number of hydrogen-bond acceptors (Lipinski definition) is 5. The maximum Gasteiger partial charge on any atom is 0.291 e. The van der Waals surface area contributed by atoms with Crippen molar-refractivity contribution in [2.75, 3.05) is 18.4 Å². The van der Waals surface area contributed by atoms with Crippen LogP contribution in [0, 0.1) is 0 Å². The molecule has 0 atom stereocenters. The summed E-state index contributed by atoms with van der Waals surface area (Å²) < 4.78 is 34.7. The smallest absolute Gasteiger partial charge is 0.291 e. The van der Waals surface area contributed by atoms with Gasteiger partial charge in [0.05, 0.1) is 12.2 Å². The van der Waals surface area contributed by atoms with Crippen LogP contribution in [0.2, 0.25) is 0 Å². The van der Waals surface area contributed by atoms with Gasteiger partial charge >= 0.3 is 0 Å². The van der Waals surface area contributed by atoms with E-state index in [0.29, 0.717) is 18.8 Å². The van der Waals surface area contributed by atoms with Crippen molar-refractivity contribution in [1.82, 2.24) is 8.87 Å². The van der Waals surface area contributed by atoms with Crippen molar-refractivity contribution in [3.8, 4) is 0 Å². The third-order valence-corrected chi connectivity index (χ3v) is 7.14. The van der Waals surface area contributed by atoms with Gasteiger partial charge in [-0.1, -0.05) is 24.6 Å². The van der Waals surface area contributed by atoms with E-state index in [1.807, 2.05) is 0 Å². The number of sulfonamides is 1. The Balaban J connectivity index is 1.53. The minimum absolute atomic E-state index is 0.0316. The Morgan fingerprint density at radius 1 is 0.968 bits per heavy atom. The number of nitrogens with one attached hydrogen (secondary N) is 1. The fourth-order valence-corrected chi connectivity index (χ4v) is 5.23. The van der Waals surface area contributed by atoms with Crippen LogP contribution in [0.25, 0.3) is 0 Å². The van der Waals surface area contributed by atoms with E-state index in [-0.39, 0.29) is 28.4 Å².